The zero-order valence-corrected chi connectivity index (χ0v) is 12.0. The van der Waals surface area contributed by atoms with Gasteiger partial charge in [0.2, 0.25) is 0 Å². The fourth-order valence-corrected chi connectivity index (χ4v) is 2.37. The van der Waals surface area contributed by atoms with E-state index in [1.54, 1.807) is 13.8 Å². The number of rotatable bonds is 7. The molecule has 0 spiro atoms. The van der Waals surface area contributed by atoms with Crippen LogP contribution in [0.5, 0.6) is 5.75 Å². The van der Waals surface area contributed by atoms with Crippen LogP contribution in [-0.2, 0) is 13.6 Å². The van der Waals surface area contributed by atoms with Gasteiger partial charge in [0.05, 0.1) is 25.6 Å². The maximum absolute atomic E-state index is 12.1. The largest absolute Gasteiger partial charge is 0.530 e. The minimum absolute atomic E-state index is 0.227. The van der Waals surface area contributed by atoms with Crippen LogP contribution in [-0.4, -0.2) is 23.2 Å². The lowest BCUT2D eigenvalue weighted by Crippen LogP contribution is -2.04. The maximum Gasteiger partial charge on any atom is 0.530 e. The molecule has 0 saturated heterocycles. The molecule has 0 aliphatic heterocycles. The van der Waals surface area contributed by atoms with Gasteiger partial charge in [-0.2, -0.15) is 0 Å². The fourth-order valence-electron chi connectivity index (χ4n) is 1.21. The summed E-state index contributed by atoms with van der Waals surface area (Å²) >= 11 is 0. The van der Waals surface area contributed by atoms with E-state index in [0.29, 0.717) is 5.82 Å². The molecule has 0 N–H and O–H groups in total. The molecule has 0 amide bonds. The number of hydrogen-bond acceptors (Lipinski definition) is 6. The second-order valence-corrected chi connectivity index (χ2v) is 5.40. The van der Waals surface area contributed by atoms with Crippen LogP contribution >= 0.6 is 7.82 Å². The molecule has 7 heteroatoms. The second kappa shape index (κ2) is 6.83. The lowest BCUT2D eigenvalue weighted by molar-refractivity contribution is 0.167. The SMILES string of the molecule is CCOP(=O)(OCC)Oc1cnc(C(C)C)nc1. The molecule has 0 saturated carbocycles. The fraction of sp³-hybridized carbons (Fsp3) is 0.636. The van der Waals surface area contributed by atoms with Crippen LogP contribution in [0.3, 0.4) is 0 Å². The quantitative estimate of drug-likeness (QED) is 0.711. The van der Waals surface area contributed by atoms with Gasteiger partial charge in [0, 0.05) is 5.92 Å². The van der Waals surface area contributed by atoms with Crippen LogP contribution in [0.2, 0.25) is 0 Å². The highest BCUT2D eigenvalue weighted by Gasteiger charge is 2.27. The van der Waals surface area contributed by atoms with Gasteiger partial charge in [0.25, 0.3) is 0 Å². The summed E-state index contributed by atoms with van der Waals surface area (Å²) in [6.45, 7) is 7.88. The van der Waals surface area contributed by atoms with Crippen molar-refractivity contribution >= 4 is 7.82 Å². The van der Waals surface area contributed by atoms with E-state index in [2.05, 4.69) is 9.97 Å². The first-order valence-electron chi connectivity index (χ1n) is 5.91. The Balaban J connectivity index is 2.78. The lowest BCUT2D eigenvalue weighted by Gasteiger charge is -2.16. The number of phosphoric acid groups is 1. The molecule has 1 heterocycles. The van der Waals surface area contributed by atoms with E-state index in [1.165, 1.54) is 12.4 Å². The van der Waals surface area contributed by atoms with Crippen molar-refractivity contribution in [3.05, 3.63) is 18.2 Å². The van der Waals surface area contributed by atoms with Crippen molar-refractivity contribution in [2.45, 2.75) is 33.6 Å². The number of nitrogens with zero attached hydrogens (tertiary/aromatic N) is 2. The smallest absolute Gasteiger partial charge is 0.401 e. The highest BCUT2D eigenvalue weighted by molar-refractivity contribution is 7.48. The summed E-state index contributed by atoms with van der Waals surface area (Å²) in [5.74, 6) is 1.19. The molecule has 1 aromatic rings. The molecule has 6 nitrogen and oxygen atoms in total. The van der Waals surface area contributed by atoms with Gasteiger partial charge < -0.3 is 4.52 Å². The van der Waals surface area contributed by atoms with E-state index in [4.69, 9.17) is 13.6 Å². The zero-order chi connectivity index (χ0) is 13.6. The molecule has 18 heavy (non-hydrogen) atoms. The summed E-state index contributed by atoms with van der Waals surface area (Å²) in [4.78, 5) is 8.23. The van der Waals surface area contributed by atoms with Crippen molar-refractivity contribution in [2.75, 3.05) is 13.2 Å². The molecule has 0 atom stereocenters. The van der Waals surface area contributed by atoms with Crippen molar-refractivity contribution in [1.29, 1.82) is 0 Å². The van der Waals surface area contributed by atoms with Crippen LogP contribution in [0.15, 0.2) is 12.4 Å². The van der Waals surface area contributed by atoms with E-state index < -0.39 is 7.82 Å². The first kappa shape index (κ1) is 15.1. The Hall–Kier alpha value is -0.970. The minimum atomic E-state index is -3.56. The third-order valence-corrected chi connectivity index (χ3v) is 3.54. The normalized spacial score (nSPS) is 11.8. The average molecular weight is 274 g/mol. The lowest BCUT2D eigenvalue weighted by atomic mass is 10.2. The number of phosphoric ester groups is 1. The van der Waals surface area contributed by atoms with Gasteiger partial charge in [-0.05, 0) is 13.8 Å². The summed E-state index contributed by atoms with van der Waals surface area (Å²) in [6, 6.07) is 0. The van der Waals surface area contributed by atoms with Gasteiger partial charge in [-0.3, -0.25) is 9.05 Å². The van der Waals surface area contributed by atoms with Gasteiger partial charge in [0.15, 0.2) is 5.75 Å². The third-order valence-electron chi connectivity index (χ3n) is 1.96. The molecule has 1 aromatic heterocycles. The molecule has 0 fully saturated rings. The molecule has 0 aliphatic carbocycles. The summed E-state index contributed by atoms with van der Waals surface area (Å²) in [5.41, 5.74) is 0. The van der Waals surface area contributed by atoms with Crippen molar-refractivity contribution < 1.29 is 18.1 Å². The summed E-state index contributed by atoms with van der Waals surface area (Å²) < 4.78 is 27.3. The summed E-state index contributed by atoms with van der Waals surface area (Å²) in [7, 11) is -3.56. The molecule has 0 unspecified atom stereocenters. The molecule has 102 valence electrons. The monoisotopic (exact) mass is 274 g/mol. The second-order valence-electron chi connectivity index (χ2n) is 3.81. The van der Waals surface area contributed by atoms with Gasteiger partial charge in [-0.25, -0.2) is 14.5 Å². The van der Waals surface area contributed by atoms with Gasteiger partial charge >= 0.3 is 7.82 Å². The summed E-state index contributed by atoms with van der Waals surface area (Å²) in [5, 5.41) is 0. The highest BCUT2D eigenvalue weighted by atomic mass is 31.2. The van der Waals surface area contributed by atoms with Crippen LogP contribution < -0.4 is 4.52 Å². The average Bonchev–Trinajstić information content (AvgIpc) is 2.30. The van der Waals surface area contributed by atoms with E-state index in [-0.39, 0.29) is 24.9 Å². The minimum Gasteiger partial charge on any atom is -0.401 e. The molecule has 1 rings (SSSR count). The number of hydrogen-bond donors (Lipinski definition) is 0. The Morgan fingerprint density at radius 1 is 1.17 bits per heavy atom. The van der Waals surface area contributed by atoms with Crippen LogP contribution in [0.25, 0.3) is 0 Å². The molecular formula is C11H19N2O4P. The Morgan fingerprint density at radius 3 is 2.06 bits per heavy atom. The molecule has 0 radical (unpaired) electrons. The van der Waals surface area contributed by atoms with Gasteiger partial charge in [-0.1, -0.05) is 13.8 Å². The Kier molecular flexibility index (Phi) is 5.72. The van der Waals surface area contributed by atoms with E-state index >= 15 is 0 Å². The predicted octanol–water partition coefficient (Wildman–Crippen LogP) is 3.16. The topological polar surface area (TPSA) is 70.5 Å². The van der Waals surface area contributed by atoms with Crippen molar-refractivity contribution in [3.8, 4) is 5.75 Å². The summed E-state index contributed by atoms with van der Waals surface area (Å²) in [6.07, 6.45) is 2.93. The van der Waals surface area contributed by atoms with Crippen LogP contribution in [0.1, 0.15) is 39.4 Å². The van der Waals surface area contributed by atoms with Gasteiger partial charge in [-0.15, -0.1) is 0 Å². The molecular weight excluding hydrogens is 255 g/mol. The predicted molar refractivity (Wildman–Crippen MR) is 67.6 cm³/mol. The first-order chi connectivity index (χ1) is 8.50. The highest BCUT2D eigenvalue weighted by Crippen LogP contribution is 2.48. The molecule has 0 aliphatic rings. The maximum atomic E-state index is 12.1. The van der Waals surface area contributed by atoms with Crippen molar-refractivity contribution in [3.63, 3.8) is 0 Å². The van der Waals surface area contributed by atoms with E-state index in [9.17, 15) is 4.57 Å². The van der Waals surface area contributed by atoms with E-state index in [1.807, 2.05) is 13.8 Å². The standard InChI is InChI=1S/C11H19N2O4P/c1-5-15-18(14,16-6-2)17-10-7-12-11(9(3)4)13-8-10/h7-9H,5-6H2,1-4H3. The third kappa shape index (κ3) is 4.37. The first-order valence-corrected chi connectivity index (χ1v) is 7.37. The van der Waals surface area contributed by atoms with Crippen LogP contribution in [0, 0.1) is 0 Å². The zero-order valence-electron chi connectivity index (χ0n) is 11.1. The van der Waals surface area contributed by atoms with Gasteiger partial charge in [0.1, 0.15) is 5.82 Å². The molecule has 0 aromatic carbocycles. The van der Waals surface area contributed by atoms with Crippen molar-refractivity contribution in [1.82, 2.24) is 9.97 Å². The Bertz CT molecular complexity index is 398. The van der Waals surface area contributed by atoms with E-state index in [0.717, 1.165) is 0 Å². The number of aromatic nitrogens is 2. The Labute approximate surface area is 107 Å². The Morgan fingerprint density at radius 2 is 1.67 bits per heavy atom. The molecule has 0 bridgehead atoms. The van der Waals surface area contributed by atoms with Crippen molar-refractivity contribution in [2.24, 2.45) is 0 Å². The van der Waals surface area contributed by atoms with Crippen LogP contribution in [0.4, 0.5) is 0 Å².